The quantitative estimate of drug-likeness (QED) is 0.618. The molecule has 0 saturated carbocycles. The summed E-state index contributed by atoms with van der Waals surface area (Å²) >= 11 is 0. The standard InChI is InChI=1S/C11H8F6O3/c1-19-8-4-6(5-18)2-3-7(8)20-11(16,17)9(12)10(13,14)15/h2-5,9H,1H3/t9-/m1/s1. The van der Waals surface area contributed by atoms with E-state index in [1.165, 1.54) is 0 Å². The number of carbonyl (C=O) groups excluding carboxylic acids is 1. The van der Waals surface area contributed by atoms with Gasteiger partial charge in [0, 0.05) is 5.56 Å². The fourth-order valence-electron chi connectivity index (χ4n) is 1.23. The summed E-state index contributed by atoms with van der Waals surface area (Å²) in [5.74, 6) is -1.25. The topological polar surface area (TPSA) is 35.5 Å². The number of aldehydes is 1. The first-order chi connectivity index (χ1) is 9.11. The Bertz CT molecular complexity index is 486. The number of alkyl halides is 6. The molecule has 0 fully saturated rings. The van der Waals surface area contributed by atoms with E-state index in [0.29, 0.717) is 6.29 Å². The van der Waals surface area contributed by atoms with Crippen molar-refractivity contribution in [1.82, 2.24) is 0 Å². The molecular weight excluding hydrogens is 294 g/mol. The SMILES string of the molecule is COc1cc(C=O)ccc1OC(F)(F)[C@H](F)C(F)(F)F. The van der Waals surface area contributed by atoms with Gasteiger partial charge >= 0.3 is 12.3 Å². The highest BCUT2D eigenvalue weighted by atomic mass is 19.4. The highest BCUT2D eigenvalue weighted by Crippen LogP contribution is 2.39. The van der Waals surface area contributed by atoms with E-state index in [2.05, 4.69) is 9.47 Å². The molecule has 0 aliphatic carbocycles. The molecule has 0 heterocycles. The molecule has 1 aromatic rings. The van der Waals surface area contributed by atoms with E-state index in [1.54, 1.807) is 0 Å². The normalized spacial score (nSPS) is 13.8. The summed E-state index contributed by atoms with van der Waals surface area (Å²) in [6.45, 7) is 0. The highest BCUT2D eigenvalue weighted by Gasteiger charge is 2.59. The van der Waals surface area contributed by atoms with Crippen LogP contribution in [-0.4, -0.2) is 31.9 Å². The molecule has 0 aliphatic rings. The minimum absolute atomic E-state index is 0.0186. The van der Waals surface area contributed by atoms with Gasteiger partial charge in [0.25, 0.3) is 6.17 Å². The zero-order valence-corrected chi connectivity index (χ0v) is 9.88. The molecule has 0 N–H and O–H groups in total. The molecule has 20 heavy (non-hydrogen) atoms. The Morgan fingerprint density at radius 2 is 1.75 bits per heavy atom. The van der Waals surface area contributed by atoms with E-state index >= 15 is 0 Å². The average Bonchev–Trinajstić information content (AvgIpc) is 2.36. The van der Waals surface area contributed by atoms with Gasteiger partial charge in [-0.15, -0.1) is 0 Å². The molecule has 3 nitrogen and oxygen atoms in total. The number of hydrogen-bond donors (Lipinski definition) is 0. The Balaban J connectivity index is 3.06. The Hall–Kier alpha value is -1.93. The van der Waals surface area contributed by atoms with Crippen LogP contribution in [0.4, 0.5) is 26.3 Å². The predicted octanol–water partition coefficient (Wildman–Crippen LogP) is 3.38. The highest BCUT2D eigenvalue weighted by molar-refractivity contribution is 5.76. The van der Waals surface area contributed by atoms with Crippen LogP contribution in [0.1, 0.15) is 10.4 Å². The van der Waals surface area contributed by atoms with Crippen LogP contribution >= 0.6 is 0 Å². The molecule has 0 aromatic heterocycles. The van der Waals surface area contributed by atoms with E-state index < -0.39 is 30.0 Å². The third-order valence-electron chi connectivity index (χ3n) is 2.15. The molecule has 0 spiro atoms. The van der Waals surface area contributed by atoms with Gasteiger partial charge in [-0.2, -0.15) is 22.0 Å². The fourth-order valence-corrected chi connectivity index (χ4v) is 1.23. The smallest absolute Gasteiger partial charge is 0.439 e. The maximum absolute atomic E-state index is 13.1. The van der Waals surface area contributed by atoms with Crippen molar-refractivity contribution in [1.29, 1.82) is 0 Å². The van der Waals surface area contributed by atoms with E-state index in [0.717, 1.165) is 25.3 Å². The minimum atomic E-state index is -5.78. The van der Waals surface area contributed by atoms with Gasteiger partial charge < -0.3 is 9.47 Å². The first-order valence-corrected chi connectivity index (χ1v) is 5.02. The van der Waals surface area contributed by atoms with E-state index in [-0.39, 0.29) is 5.56 Å². The number of carbonyl (C=O) groups is 1. The van der Waals surface area contributed by atoms with Crippen molar-refractivity contribution >= 4 is 6.29 Å². The monoisotopic (exact) mass is 302 g/mol. The van der Waals surface area contributed by atoms with Gasteiger partial charge in [-0.05, 0) is 18.2 Å². The van der Waals surface area contributed by atoms with Crippen molar-refractivity contribution in [2.24, 2.45) is 0 Å². The van der Waals surface area contributed by atoms with Crippen LogP contribution in [0.3, 0.4) is 0 Å². The molecule has 0 bridgehead atoms. The zero-order valence-electron chi connectivity index (χ0n) is 9.88. The summed E-state index contributed by atoms with van der Waals surface area (Å²) in [6, 6.07) is 2.74. The second kappa shape index (κ2) is 5.59. The van der Waals surface area contributed by atoms with Crippen molar-refractivity contribution < 1.29 is 40.6 Å². The van der Waals surface area contributed by atoms with Crippen molar-refractivity contribution in [3.8, 4) is 11.5 Å². The zero-order chi connectivity index (χ0) is 15.6. The van der Waals surface area contributed by atoms with Crippen molar-refractivity contribution in [3.05, 3.63) is 23.8 Å². The summed E-state index contributed by atoms with van der Waals surface area (Å²) in [5.41, 5.74) is 0.0186. The van der Waals surface area contributed by atoms with Crippen LogP contribution in [0.15, 0.2) is 18.2 Å². The second-order valence-corrected chi connectivity index (χ2v) is 3.60. The van der Waals surface area contributed by atoms with E-state index in [9.17, 15) is 31.1 Å². The Kier molecular flexibility index (Phi) is 4.51. The molecule has 0 amide bonds. The number of benzene rings is 1. The molecule has 112 valence electrons. The number of ether oxygens (including phenoxy) is 2. The lowest BCUT2D eigenvalue weighted by molar-refractivity contribution is -0.305. The third-order valence-corrected chi connectivity index (χ3v) is 2.15. The number of hydrogen-bond acceptors (Lipinski definition) is 3. The Labute approximate surface area is 109 Å². The van der Waals surface area contributed by atoms with Crippen LogP contribution in [0.2, 0.25) is 0 Å². The van der Waals surface area contributed by atoms with E-state index in [4.69, 9.17) is 0 Å². The minimum Gasteiger partial charge on any atom is -0.493 e. The molecule has 0 saturated heterocycles. The largest absolute Gasteiger partial charge is 0.493 e. The molecule has 1 aromatic carbocycles. The first-order valence-electron chi connectivity index (χ1n) is 5.02. The van der Waals surface area contributed by atoms with Gasteiger partial charge in [-0.1, -0.05) is 0 Å². The maximum Gasteiger partial charge on any atom is 0.439 e. The van der Waals surface area contributed by atoms with Crippen LogP contribution in [-0.2, 0) is 0 Å². The number of rotatable bonds is 5. The summed E-state index contributed by atoms with van der Waals surface area (Å²) in [5, 5.41) is 0. The number of halogens is 6. The summed E-state index contributed by atoms with van der Waals surface area (Å²) < 4.78 is 82.9. The van der Waals surface area contributed by atoms with Gasteiger partial charge in [0.1, 0.15) is 6.29 Å². The lowest BCUT2D eigenvalue weighted by Crippen LogP contribution is -2.45. The van der Waals surface area contributed by atoms with Gasteiger partial charge in [0.05, 0.1) is 7.11 Å². The maximum atomic E-state index is 13.1. The lowest BCUT2D eigenvalue weighted by atomic mass is 10.2. The van der Waals surface area contributed by atoms with Gasteiger partial charge in [-0.25, -0.2) is 4.39 Å². The predicted molar refractivity (Wildman–Crippen MR) is 54.9 cm³/mol. The first kappa shape index (κ1) is 16.1. The Morgan fingerprint density at radius 1 is 1.15 bits per heavy atom. The number of methoxy groups -OCH3 is 1. The van der Waals surface area contributed by atoms with Crippen molar-refractivity contribution in [2.75, 3.05) is 7.11 Å². The van der Waals surface area contributed by atoms with E-state index in [1.807, 2.05) is 0 Å². The fraction of sp³-hybridized carbons (Fsp3) is 0.364. The molecule has 0 unspecified atom stereocenters. The van der Waals surface area contributed by atoms with Crippen molar-refractivity contribution in [2.45, 2.75) is 18.5 Å². The molecule has 1 atom stereocenters. The summed E-state index contributed by atoms with van der Waals surface area (Å²) in [6.07, 6.45) is -15.0. The van der Waals surface area contributed by atoms with Crippen LogP contribution in [0, 0.1) is 0 Å². The summed E-state index contributed by atoms with van der Waals surface area (Å²) in [7, 11) is 1.02. The van der Waals surface area contributed by atoms with Crippen LogP contribution < -0.4 is 9.47 Å². The molecule has 0 radical (unpaired) electrons. The lowest BCUT2D eigenvalue weighted by Gasteiger charge is -2.23. The summed E-state index contributed by atoms with van der Waals surface area (Å²) in [4.78, 5) is 10.5. The molecule has 1 rings (SSSR count). The van der Waals surface area contributed by atoms with Crippen LogP contribution in [0.5, 0.6) is 11.5 Å². The second-order valence-electron chi connectivity index (χ2n) is 3.60. The Morgan fingerprint density at radius 3 is 2.20 bits per heavy atom. The van der Waals surface area contributed by atoms with Crippen LogP contribution in [0.25, 0.3) is 0 Å². The van der Waals surface area contributed by atoms with Gasteiger partial charge in [-0.3, -0.25) is 4.79 Å². The average molecular weight is 302 g/mol. The third kappa shape index (κ3) is 3.55. The molecule has 0 aliphatic heterocycles. The van der Waals surface area contributed by atoms with Gasteiger partial charge in [0.15, 0.2) is 11.5 Å². The molecular formula is C11H8F6O3. The van der Waals surface area contributed by atoms with Gasteiger partial charge in [0.2, 0.25) is 0 Å². The molecule has 9 heteroatoms. The van der Waals surface area contributed by atoms with Crippen molar-refractivity contribution in [3.63, 3.8) is 0 Å².